The van der Waals surface area contributed by atoms with E-state index in [1.165, 1.54) is 19.5 Å². The van der Waals surface area contributed by atoms with Gasteiger partial charge < -0.3 is 16.4 Å². The zero-order chi connectivity index (χ0) is 28.1. The molecule has 0 unspecified atom stereocenters. The van der Waals surface area contributed by atoms with Crippen LogP contribution < -0.4 is 21.9 Å². The molecule has 0 radical (unpaired) electrons. The van der Waals surface area contributed by atoms with Crippen molar-refractivity contribution in [1.82, 2.24) is 19.9 Å². The molecule has 10 nitrogen and oxygen atoms in total. The molecule has 0 aliphatic carbocycles. The number of thioether (sulfide) groups is 1. The number of aromatic nitrogens is 3. The fourth-order valence-electron chi connectivity index (χ4n) is 4.30. The number of allylic oxidation sites excluding steroid dienone is 1. The van der Waals surface area contributed by atoms with Gasteiger partial charge in [-0.2, -0.15) is 0 Å². The summed E-state index contributed by atoms with van der Waals surface area (Å²) in [5.41, 5.74) is 9.71. The highest BCUT2D eigenvalue weighted by molar-refractivity contribution is 8.16. The molecule has 2 heterocycles. The third kappa shape index (κ3) is 5.58. The SMILES string of the molecule is CNC(=O)/C(=C\C(=N)c1c(N)ncnc1NCc1cc2cccc(C)c2c(=O)n1-c1ccccc1C)SC=O. The maximum absolute atomic E-state index is 13.8. The molecule has 0 bridgehead atoms. The van der Waals surface area contributed by atoms with Crippen LogP contribution in [0.2, 0.25) is 0 Å². The Bertz CT molecular complexity index is 1690. The van der Waals surface area contributed by atoms with E-state index in [1.807, 2.05) is 62.4 Å². The van der Waals surface area contributed by atoms with E-state index >= 15 is 0 Å². The van der Waals surface area contributed by atoms with Crippen LogP contribution in [-0.2, 0) is 16.1 Å². The van der Waals surface area contributed by atoms with Crippen molar-refractivity contribution in [3.8, 4) is 5.69 Å². The van der Waals surface area contributed by atoms with E-state index < -0.39 is 5.91 Å². The monoisotopic (exact) mass is 541 g/mol. The molecule has 0 spiro atoms. The molecule has 0 aliphatic rings. The Labute approximate surface area is 228 Å². The van der Waals surface area contributed by atoms with Crippen LogP contribution in [0, 0.1) is 19.3 Å². The summed E-state index contributed by atoms with van der Waals surface area (Å²) in [6, 6.07) is 15.3. The number of hydrogen-bond acceptors (Lipinski definition) is 9. The largest absolute Gasteiger partial charge is 0.383 e. The van der Waals surface area contributed by atoms with E-state index in [2.05, 4.69) is 20.6 Å². The molecule has 0 saturated carbocycles. The zero-order valence-corrected chi connectivity index (χ0v) is 22.4. The summed E-state index contributed by atoms with van der Waals surface area (Å²) in [7, 11) is 1.43. The lowest BCUT2D eigenvalue weighted by atomic mass is 10.1. The summed E-state index contributed by atoms with van der Waals surface area (Å²) in [6.45, 7) is 4.02. The van der Waals surface area contributed by atoms with Crippen molar-refractivity contribution in [2.24, 2.45) is 0 Å². The number of nitrogens with two attached hydrogens (primary N) is 1. The number of anilines is 2. The molecular weight excluding hydrogens is 514 g/mol. The third-order valence-corrected chi connectivity index (χ3v) is 6.83. The van der Waals surface area contributed by atoms with E-state index in [1.54, 1.807) is 4.57 Å². The van der Waals surface area contributed by atoms with Gasteiger partial charge in [0.2, 0.25) is 0 Å². The van der Waals surface area contributed by atoms with Gasteiger partial charge in [-0.05, 0) is 60.3 Å². The van der Waals surface area contributed by atoms with Crippen LogP contribution in [0.1, 0.15) is 22.4 Å². The number of nitrogens with zero attached hydrogens (tertiary/aromatic N) is 3. The van der Waals surface area contributed by atoms with Crippen LogP contribution in [-0.4, -0.2) is 38.8 Å². The minimum Gasteiger partial charge on any atom is -0.383 e. The lowest BCUT2D eigenvalue weighted by molar-refractivity contribution is -0.116. The molecule has 0 saturated heterocycles. The summed E-state index contributed by atoms with van der Waals surface area (Å²) >= 11 is 0.646. The third-order valence-electron chi connectivity index (χ3n) is 6.17. The van der Waals surface area contributed by atoms with Crippen molar-refractivity contribution in [2.75, 3.05) is 18.1 Å². The molecule has 11 heteroatoms. The number of nitrogens with one attached hydrogen (secondary N) is 3. The van der Waals surface area contributed by atoms with Crippen molar-refractivity contribution in [3.05, 3.63) is 98.6 Å². The molecule has 5 N–H and O–H groups in total. The van der Waals surface area contributed by atoms with Gasteiger partial charge in [-0.3, -0.25) is 24.4 Å². The number of para-hydroxylation sites is 1. The summed E-state index contributed by atoms with van der Waals surface area (Å²) in [4.78, 5) is 45.3. The maximum atomic E-state index is 13.8. The Kier molecular flexibility index (Phi) is 8.21. The lowest BCUT2D eigenvalue weighted by Crippen LogP contribution is -2.25. The van der Waals surface area contributed by atoms with Crippen molar-refractivity contribution in [2.45, 2.75) is 20.4 Å². The van der Waals surface area contributed by atoms with E-state index in [0.717, 1.165) is 22.2 Å². The number of pyridine rings is 1. The van der Waals surface area contributed by atoms with Crippen LogP contribution in [0.5, 0.6) is 0 Å². The number of fused-ring (bicyclic) bond motifs is 1. The average Bonchev–Trinajstić information content (AvgIpc) is 2.91. The normalized spacial score (nSPS) is 11.3. The lowest BCUT2D eigenvalue weighted by Gasteiger charge is -2.19. The van der Waals surface area contributed by atoms with E-state index in [9.17, 15) is 14.4 Å². The number of amides is 1. The second kappa shape index (κ2) is 11.7. The van der Waals surface area contributed by atoms with Gasteiger partial charge in [-0.25, -0.2) is 9.97 Å². The Morgan fingerprint density at radius 3 is 2.59 bits per heavy atom. The smallest absolute Gasteiger partial charge is 0.263 e. The average molecular weight is 542 g/mol. The van der Waals surface area contributed by atoms with Crippen LogP contribution in [0.4, 0.5) is 11.6 Å². The van der Waals surface area contributed by atoms with Gasteiger partial charge in [0.1, 0.15) is 18.0 Å². The van der Waals surface area contributed by atoms with Gasteiger partial charge >= 0.3 is 0 Å². The van der Waals surface area contributed by atoms with Crippen LogP contribution in [0.3, 0.4) is 0 Å². The van der Waals surface area contributed by atoms with Crippen molar-refractivity contribution in [1.29, 1.82) is 5.41 Å². The Balaban J connectivity index is 1.81. The van der Waals surface area contributed by atoms with E-state index in [0.29, 0.717) is 28.5 Å². The first kappa shape index (κ1) is 27.3. The van der Waals surface area contributed by atoms with Crippen LogP contribution in [0.15, 0.2) is 70.6 Å². The number of aryl methyl sites for hydroxylation is 2. The van der Waals surface area contributed by atoms with Gasteiger partial charge in [-0.15, -0.1) is 0 Å². The quantitative estimate of drug-likeness (QED) is 0.142. The number of carbonyl (C=O) groups excluding carboxylic acids is 2. The molecule has 4 aromatic rings. The Morgan fingerprint density at radius 2 is 1.87 bits per heavy atom. The van der Waals surface area contributed by atoms with Crippen molar-refractivity contribution < 1.29 is 9.59 Å². The molecule has 198 valence electrons. The summed E-state index contributed by atoms with van der Waals surface area (Å²) in [5.74, 6) is -0.258. The Hall–Kier alpha value is -4.77. The van der Waals surface area contributed by atoms with Gasteiger partial charge in [0, 0.05) is 12.7 Å². The van der Waals surface area contributed by atoms with Gasteiger partial charge in [-0.1, -0.05) is 36.4 Å². The first-order valence-corrected chi connectivity index (χ1v) is 12.8. The highest BCUT2D eigenvalue weighted by atomic mass is 32.2. The van der Waals surface area contributed by atoms with Crippen LogP contribution >= 0.6 is 11.8 Å². The fourth-order valence-corrected chi connectivity index (χ4v) is 4.80. The standard InChI is InChI=1S/C28H27N7O3S/c1-16-7-4-5-10-21(16)35-19(11-18-9-6-8-17(2)23(18)28(35)38)13-32-26-24(25(30)33-14-34-26)20(29)12-22(39-15-36)27(37)31-3/h4-12,14-15,29H,13H2,1-3H3,(H,31,37)(H3,30,32,33,34)/b22-12+,29-20?. The number of nitrogen functional groups attached to an aromatic ring is 1. The molecule has 2 aromatic carbocycles. The summed E-state index contributed by atoms with van der Waals surface area (Å²) < 4.78 is 1.68. The van der Waals surface area contributed by atoms with Gasteiger partial charge in [0.25, 0.3) is 11.5 Å². The highest BCUT2D eigenvalue weighted by Crippen LogP contribution is 2.24. The second-order valence-electron chi connectivity index (χ2n) is 8.65. The second-order valence-corrected chi connectivity index (χ2v) is 9.52. The van der Waals surface area contributed by atoms with Gasteiger partial charge in [0.15, 0.2) is 5.62 Å². The number of carbonyl (C=O) groups is 2. The first-order valence-electron chi connectivity index (χ1n) is 11.9. The highest BCUT2D eigenvalue weighted by Gasteiger charge is 2.18. The van der Waals surface area contributed by atoms with E-state index in [4.69, 9.17) is 11.1 Å². The molecule has 4 rings (SSSR count). The van der Waals surface area contributed by atoms with Gasteiger partial charge in [0.05, 0.1) is 33.8 Å². The predicted molar refractivity (Wildman–Crippen MR) is 156 cm³/mol. The Morgan fingerprint density at radius 1 is 1.13 bits per heavy atom. The fraction of sp³-hybridized carbons (Fsp3) is 0.143. The molecular formula is C28H27N7O3S. The minimum absolute atomic E-state index is 0.0185. The molecule has 0 fully saturated rings. The van der Waals surface area contributed by atoms with E-state index in [-0.39, 0.29) is 39.9 Å². The predicted octanol–water partition coefficient (Wildman–Crippen LogP) is 3.51. The summed E-state index contributed by atoms with van der Waals surface area (Å²) in [5, 5.41) is 15.7. The molecule has 39 heavy (non-hydrogen) atoms. The van der Waals surface area contributed by atoms with Crippen LogP contribution in [0.25, 0.3) is 16.5 Å². The zero-order valence-electron chi connectivity index (χ0n) is 21.6. The topological polar surface area (TPSA) is 156 Å². The molecule has 0 aliphatic heterocycles. The maximum Gasteiger partial charge on any atom is 0.263 e. The number of likely N-dealkylation sites (N-methyl/N-ethyl adjacent to an activating group) is 1. The summed E-state index contributed by atoms with van der Waals surface area (Å²) in [6.07, 6.45) is 2.50. The number of rotatable bonds is 9. The number of hydrogen-bond donors (Lipinski definition) is 4. The first-order chi connectivity index (χ1) is 18.8. The van der Waals surface area contributed by atoms with Crippen molar-refractivity contribution in [3.63, 3.8) is 0 Å². The number of benzene rings is 2. The minimum atomic E-state index is -0.518. The molecule has 1 amide bonds. The van der Waals surface area contributed by atoms with Crippen molar-refractivity contribution >= 4 is 51.4 Å². The molecule has 2 aromatic heterocycles. The molecule has 0 atom stereocenters.